The number of hydrogen-bond donors (Lipinski definition) is 1. The van der Waals surface area contributed by atoms with Crippen LogP contribution in [0.4, 0.5) is 11.4 Å². The third kappa shape index (κ3) is 3.80. The minimum Gasteiger partial charge on any atom is -0.366 e. The molecule has 0 saturated carbocycles. The molecule has 3 aromatic carbocycles. The monoisotopic (exact) mass is 470 g/mol. The smallest absolute Gasteiger partial charge is 0.256 e. The van der Waals surface area contributed by atoms with E-state index in [9.17, 15) is 4.79 Å². The fourth-order valence-corrected chi connectivity index (χ4v) is 5.52. The van der Waals surface area contributed by atoms with Gasteiger partial charge in [-0.15, -0.1) is 0 Å². The van der Waals surface area contributed by atoms with E-state index < -0.39 is 0 Å². The molecular formula is C28H27ClN4O. The zero-order valence-electron chi connectivity index (χ0n) is 19.0. The Hall–Kier alpha value is -3.44. The molecule has 0 atom stereocenters. The number of para-hydroxylation sites is 2. The molecule has 0 aliphatic carbocycles. The van der Waals surface area contributed by atoms with Crippen LogP contribution >= 0.6 is 11.6 Å². The normalized spacial score (nSPS) is 16.0. The van der Waals surface area contributed by atoms with Crippen molar-refractivity contribution < 1.29 is 4.79 Å². The Labute approximate surface area is 204 Å². The van der Waals surface area contributed by atoms with E-state index in [1.54, 1.807) is 0 Å². The summed E-state index contributed by atoms with van der Waals surface area (Å²) in [7, 11) is 0. The first kappa shape index (κ1) is 21.1. The van der Waals surface area contributed by atoms with Gasteiger partial charge in [-0.3, -0.25) is 4.79 Å². The quantitative estimate of drug-likeness (QED) is 0.407. The summed E-state index contributed by atoms with van der Waals surface area (Å²) in [6.07, 6.45) is 3.94. The van der Waals surface area contributed by atoms with E-state index in [4.69, 9.17) is 11.6 Å². The van der Waals surface area contributed by atoms with Crippen molar-refractivity contribution in [1.29, 1.82) is 0 Å². The van der Waals surface area contributed by atoms with Gasteiger partial charge in [0.2, 0.25) is 0 Å². The van der Waals surface area contributed by atoms with E-state index in [2.05, 4.69) is 51.2 Å². The van der Waals surface area contributed by atoms with Crippen molar-refractivity contribution in [3.8, 4) is 0 Å². The highest BCUT2D eigenvalue weighted by Gasteiger charge is 2.31. The molecule has 6 rings (SSSR count). The van der Waals surface area contributed by atoms with Crippen molar-refractivity contribution >= 4 is 39.8 Å². The number of halogens is 1. The molecule has 5 nitrogen and oxygen atoms in total. The van der Waals surface area contributed by atoms with Gasteiger partial charge in [0.15, 0.2) is 0 Å². The fourth-order valence-electron chi connectivity index (χ4n) is 5.35. The molecule has 34 heavy (non-hydrogen) atoms. The number of carbonyl (C=O) groups excluding carboxylic acids is 1. The van der Waals surface area contributed by atoms with E-state index in [1.807, 2.05) is 47.5 Å². The highest BCUT2D eigenvalue weighted by Crippen LogP contribution is 2.35. The van der Waals surface area contributed by atoms with Gasteiger partial charge in [0.25, 0.3) is 5.91 Å². The maximum absolute atomic E-state index is 13.6. The second kappa shape index (κ2) is 8.73. The number of aromatic nitrogens is 1. The Morgan fingerprint density at radius 1 is 0.971 bits per heavy atom. The molecule has 0 spiro atoms. The summed E-state index contributed by atoms with van der Waals surface area (Å²) in [5.74, 6) is 0.109. The van der Waals surface area contributed by atoms with Crippen molar-refractivity contribution in [3.05, 3.63) is 95.1 Å². The van der Waals surface area contributed by atoms with Gasteiger partial charge in [-0.05, 0) is 42.7 Å². The summed E-state index contributed by atoms with van der Waals surface area (Å²) < 4.78 is 2.14. The average molecular weight is 471 g/mol. The Balaban J connectivity index is 1.22. The van der Waals surface area contributed by atoms with E-state index >= 15 is 0 Å². The number of hydrogen-bond acceptors (Lipinski definition) is 3. The molecule has 4 aromatic rings. The van der Waals surface area contributed by atoms with Crippen molar-refractivity contribution in [3.63, 3.8) is 0 Å². The zero-order chi connectivity index (χ0) is 23.1. The lowest BCUT2D eigenvalue weighted by Gasteiger charge is -2.37. The van der Waals surface area contributed by atoms with Crippen LogP contribution in [0, 0.1) is 0 Å². The summed E-state index contributed by atoms with van der Waals surface area (Å²) in [5, 5.41) is 5.13. The number of likely N-dealkylation sites (tertiary alicyclic amines) is 1. The van der Waals surface area contributed by atoms with Crippen LogP contribution in [0.15, 0.2) is 79.0 Å². The first-order chi connectivity index (χ1) is 16.7. The summed E-state index contributed by atoms with van der Waals surface area (Å²) in [4.78, 5) is 18.1. The van der Waals surface area contributed by atoms with Crippen LogP contribution < -0.4 is 10.2 Å². The minimum atomic E-state index is 0.109. The molecule has 1 amide bonds. The van der Waals surface area contributed by atoms with E-state index in [0.717, 1.165) is 49.1 Å². The summed E-state index contributed by atoms with van der Waals surface area (Å²) in [6.45, 7) is 3.07. The van der Waals surface area contributed by atoms with Gasteiger partial charge in [-0.2, -0.15) is 0 Å². The van der Waals surface area contributed by atoms with Crippen LogP contribution in [0.3, 0.4) is 0 Å². The third-order valence-corrected chi connectivity index (χ3v) is 7.35. The lowest BCUT2D eigenvalue weighted by molar-refractivity contribution is 0.0714. The maximum atomic E-state index is 13.6. The Bertz CT molecular complexity index is 1340. The molecule has 0 bridgehead atoms. The molecular weight excluding hydrogens is 444 g/mol. The number of piperidine rings is 1. The van der Waals surface area contributed by atoms with Crippen LogP contribution in [-0.4, -0.2) is 41.2 Å². The summed E-state index contributed by atoms with van der Waals surface area (Å²) >= 11 is 6.33. The second-order valence-corrected chi connectivity index (χ2v) is 9.60. The van der Waals surface area contributed by atoms with E-state index in [1.165, 1.54) is 16.9 Å². The second-order valence-electron chi connectivity index (χ2n) is 9.16. The van der Waals surface area contributed by atoms with E-state index in [-0.39, 0.29) is 5.91 Å². The molecule has 1 fully saturated rings. The van der Waals surface area contributed by atoms with Crippen molar-refractivity contribution in [1.82, 2.24) is 9.47 Å². The topological polar surface area (TPSA) is 40.5 Å². The standard InChI is InChI=1S/C28H27ClN4O/c29-21-10-11-23-24(18-32(27(23)16-21)17-20-6-2-1-3-7-20)28(34)31-14-12-22(13-15-31)33-19-30-25-8-4-5-9-26(25)33/h1-11,16,18,22,30H,12-15,17,19H2. The zero-order valence-corrected chi connectivity index (χ0v) is 19.7. The van der Waals surface area contributed by atoms with Crippen LogP contribution in [0.5, 0.6) is 0 Å². The Morgan fingerprint density at radius 2 is 1.74 bits per heavy atom. The predicted octanol–water partition coefficient (Wildman–Crippen LogP) is 5.84. The third-order valence-electron chi connectivity index (χ3n) is 7.12. The lowest BCUT2D eigenvalue weighted by Crippen LogP contribution is -2.46. The van der Waals surface area contributed by atoms with Gasteiger partial charge in [-0.1, -0.05) is 60.1 Å². The van der Waals surface area contributed by atoms with E-state index in [0.29, 0.717) is 17.6 Å². The van der Waals surface area contributed by atoms with Crippen molar-refractivity contribution in [2.24, 2.45) is 0 Å². The first-order valence-electron chi connectivity index (χ1n) is 11.9. The maximum Gasteiger partial charge on any atom is 0.256 e. The van der Waals surface area contributed by atoms with Gasteiger partial charge in [0.1, 0.15) is 0 Å². The molecule has 3 heterocycles. The fraction of sp³-hybridized carbons (Fsp3) is 0.250. The summed E-state index contributed by atoms with van der Waals surface area (Å²) in [5.41, 5.74) is 5.42. The van der Waals surface area contributed by atoms with Gasteiger partial charge in [-0.25, -0.2) is 0 Å². The number of carbonyl (C=O) groups is 1. The predicted molar refractivity (Wildman–Crippen MR) is 139 cm³/mol. The molecule has 1 N–H and O–H groups in total. The minimum absolute atomic E-state index is 0.109. The van der Waals surface area contributed by atoms with Gasteiger partial charge in [0.05, 0.1) is 29.1 Å². The van der Waals surface area contributed by atoms with Crippen molar-refractivity contribution in [2.75, 3.05) is 30.0 Å². The molecule has 0 radical (unpaired) electrons. The Kier molecular flexibility index (Phi) is 5.42. The van der Waals surface area contributed by atoms with Gasteiger partial charge >= 0.3 is 0 Å². The molecule has 1 aromatic heterocycles. The number of amides is 1. The Morgan fingerprint density at radius 3 is 2.56 bits per heavy atom. The number of benzene rings is 3. The lowest BCUT2D eigenvalue weighted by atomic mass is 10.0. The highest BCUT2D eigenvalue weighted by atomic mass is 35.5. The van der Waals surface area contributed by atoms with Crippen LogP contribution in [0.2, 0.25) is 5.02 Å². The van der Waals surface area contributed by atoms with Crippen LogP contribution in [0.1, 0.15) is 28.8 Å². The van der Waals surface area contributed by atoms with Crippen LogP contribution in [0.25, 0.3) is 10.9 Å². The number of anilines is 2. The molecule has 2 aliphatic heterocycles. The van der Waals surface area contributed by atoms with Gasteiger partial charge < -0.3 is 19.7 Å². The largest absolute Gasteiger partial charge is 0.366 e. The number of rotatable bonds is 4. The number of fused-ring (bicyclic) bond motifs is 2. The molecule has 0 unspecified atom stereocenters. The average Bonchev–Trinajstić information content (AvgIpc) is 3.46. The molecule has 2 aliphatic rings. The molecule has 6 heteroatoms. The number of nitrogens with one attached hydrogen (secondary N) is 1. The van der Waals surface area contributed by atoms with Gasteiger partial charge in [0, 0.05) is 42.3 Å². The highest BCUT2D eigenvalue weighted by molar-refractivity contribution is 6.31. The summed E-state index contributed by atoms with van der Waals surface area (Å²) in [6, 6.07) is 25.0. The molecule has 172 valence electrons. The van der Waals surface area contributed by atoms with Crippen LogP contribution in [-0.2, 0) is 6.54 Å². The number of nitrogens with zero attached hydrogens (tertiary/aromatic N) is 3. The molecule has 1 saturated heterocycles. The first-order valence-corrected chi connectivity index (χ1v) is 12.3. The van der Waals surface area contributed by atoms with Crippen molar-refractivity contribution in [2.45, 2.75) is 25.4 Å². The SMILES string of the molecule is O=C(c1cn(Cc2ccccc2)c2cc(Cl)ccc12)N1CCC(N2CNc3ccccc32)CC1.